The predicted octanol–water partition coefficient (Wildman–Crippen LogP) is 6.94. The Labute approximate surface area is 187 Å². The third-order valence-electron chi connectivity index (χ3n) is 6.28. The first kappa shape index (κ1) is 21.6. The summed E-state index contributed by atoms with van der Waals surface area (Å²) >= 11 is 7.58. The molecular weight excluding hydrogens is 420 g/mol. The van der Waals surface area contributed by atoms with Gasteiger partial charge in [0.2, 0.25) is 0 Å². The highest BCUT2D eigenvalue weighted by atomic mass is 35.5. The fraction of sp³-hybridized carbons (Fsp3) is 0.522. The number of rotatable bonds is 5. The number of nitrogens with one attached hydrogen (secondary N) is 2. The highest BCUT2D eigenvalue weighted by Crippen LogP contribution is 2.52. The van der Waals surface area contributed by atoms with E-state index in [2.05, 4.69) is 37.7 Å². The van der Waals surface area contributed by atoms with Crippen LogP contribution in [-0.2, 0) is 0 Å². The van der Waals surface area contributed by atoms with Crippen LogP contribution in [0.2, 0.25) is 5.02 Å². The lowest BCUT2D eigenvalue weighted by molar-refractivity contribution is 0.101. The van der Waals surface area contributed by atoms with E-state index < -0.39 is 6.10 Å². The molecular formula is C23H29ClN2O3S. The van der Waals surface area contributed by atoms with Gasteiger partial charge in [-0.1, -0.05) is 45.4 Å². The Morgan fingerprint density at radius 1 is 1.23 bits per heavy atom. The molecule has 7 heteroatoms. The van der Waals surface area contributed by atoms with Crippen LogP contribution in [0, 0.1) is 5.92 Å². The summed E-state index contributed by atoms with van der Waals surface area (Å²) in [5.41, 5.74) is 3.65. The molecule has 4 rings (SSSR count). The number of hydrogen-bond donors (Lipinski definition) is 3. The molecule has 2 amide bonds. The fourth-order valence-corrected chi connectivity index (χ4v) is 5.76. The molecule has 162 valence electrons. The number of fused-ring (bicyclic) bond motifs is 4. The zero-order valence-electron chi connectivity index (χ0n) is 17.8. The maximum absolute atomic E-state index is 12.7. The molecule has 0 spiro atoms. The van der Waals surface area contributed by atoms with Crippen LogP contribution in [0.5, 0.6) is 0 Å². The molecule has 2 aliphatic carbocycles. The average Bonchev–Trinajstić information content (AvgIpc) is 3.30. The number of benzene rings is 1. The molecule has 1 aromatic heterocycles. The Bertz CT molecular complexity index is 943. The lowest BCUT2D eigenvalue weighted by Crippen LogP contribution is -2.24. The van der Waals surface area contributed by atoms with E-state index in [1.807, 2.05) is 18.2 Å². The maximum atomic E-state index is 12.7. The maximum Gasteiger partial charge on any atom is 0.329 e. The molecule has 3 atom stereocenters. The van der Waals surface area contributed by atoms with E-state index in [1.165, 1.54) is 0 Å². The van der Waals surface area contributed by atoms with Crippen molar-refractivity contribution in [3.63, 3.8) is 0 Å². The number of urea groups is 1. The van der Waals surface area contributed by atoms with Gasteiger partial charge >= 0.3 is 6.03 Å². The van der Waals surface area contributed by atoms with Crippen LogP contribution in [0.25, 0.3) is 0 Å². The molecule has 5 nitrogen and oxygen atoms in total. The van der Waals surface area contributed by atoms with Crippen LogP contribution >= 0.6 is 23.5 Å². The summed E-state index contributed by atoms with van der Waals surface area (Å²) in [7, 11) is 0. The van der Waals surface area contributed by atoms with E-state index in [0.717, 1.165) is 59.3 Å². The number of aliphatic hydroxyl groups excluding tert-OH is 1. The summed E-state index contributed by atoms with van der Waals surface area (Å²) in [4.78, 5) is 12.7. The summed E-state index contributed by atoms with van der Waals surface area (Å²) in [5.74, 6) is 2.04. The Balaban J connectivity index is 1.49. The van der Waals surface area contributed by atoms with Crippen molar-refractivity contribution in [2.24, 2.45) is 5.92 Å². The largest absolute Gasteiger partial charge is 0.452 e. The topological polar surface area (TPSA) is 74.5 Å². The smallest absolute Gasteiger partial charge is 0.329 e. The van der Waals surface area contributed by atoms with Crippen LogP contribution in [0.1, 0.15) is 93.3 Å². The second-order valence-corrected chi connectivity index (χ2v) is 10.2. The molecule has 0 radical (unpaired) electrons. The van der Waals surface area contributed by atoms with Crippen molar-refractivity contribution in [1.82, 2.24) is 4.72 Å². The predicted molar refractivity (Wildman–Crippen MR) is 121 cm³/mol. The lowest BCUT2D eigenvalue weighted by atomic mass is 9.86. The normalized spacial score (nSPS) is 22.5. The van der Waals surface area contributed by atoms with Crippen molar-refractivity contribution in [3.05, 3.63) is 45.7 Å². The first-order valence-corrected chi connectivity index (χ1v) is 11.8. The van der Waals surface area contributed by atoms with Gasteiger partial charge in [0, 0.05) is 28.5 Å². The fourth-order valence-electron chi connectivity index (χ4n) is 4.82. The average molecular weight is 449 g/mol. The summed E-state index contributed by atoms with van der Waals surface area (Å²) in [6, 6.07) is 5.41. The van der Waals surface area contributed by atoms with Crippen LogP contribution in [0.4, 0.5) is 10.5 Å². The Morgan fingerprint density at radius 3 is 2.70 bits per heavy atom. The van der Waals surface area contributed by atoms with E-state index in [9.17, 15) is 9.90 Å². The van der Waals surface area contributed by atoms with Crippen molar-refractivity contribution in [3.8, 4) is 0 Å². The Morgan fingerprint density at radius 2 is 2.00 bits per heavy atom. The number of anilines is 1. The standard InChI is InChI=1S/C23H29ClN2O3S/c1-11(2)15-7-8-17(24)19(12(3)4)20(15)25-23(28)26-30-18-10-16-21(27)13-5-6-14(9-13)22(16)29-18/h7-8,10-14,21,27H,5-6,9H2,1-4H3,(H2,25,26,28). The SMILES string of the molecule is CC(C)c1ccc(Cl)c(C(C)C)c1NC(=O)NSc1cc2c(o1)C1CCC(C1)C2O. The number of halogens is 1. The van der Waals surface area contributed by atoms with Gasteiger partial charge in [0.25, 0.3) is 0 Å². The zero-order valence-corrected chi connectivity index (χ0v) is 19.4. The lowest BCUT2D eigenvalue weighted by Gasteiger charge is -2.23. The van der Waals surface area contributed by atoms with Crippen LogP contribution < -0.4 is 10.0 Å². The second-order valence-electron chi connectivity index (χ2n) is 8.99. The van der Waals surface area contributed by atoms with Crippen molar-refractivity contribution in [1.29, 1.82) is 0 Å². The summed E-state index contributed by atoms with van der Waals surface area (Å²) < 4.78 is 8.81. The molecule has 1 saturated carbocycles. The van der Waals surface area contributed by atoms with Crippen LogP contribution in [0.15, 0.2) is 27.7 Å². The van der Waals surface area contributed by atoms with E-state index in [4.69, 9.17) is 16.0 Å². The monoisotopic (exact) mass is 448 g/mol. The van der Waals surface area contributed by atoms with Crippen molar-refractivity contribution < 1.29 is 14.3 Å². The van der Waals surface area contributed by atoms with Crippen LogP contribution in [-0.4, -0.2) is 11.1 Å². The number of aliphatic hydroxyl groups is 1. The molecule has 3 unspecified atom stereocenters. The highest BCUT2D eigenvalue weighted by molar-refractivity contribution is 7.97. The van der Waals surface area contributed by atoms with Gasteiger partial charge in [-0.3, -0.25) is 4.72 Å². The molecule has 0 aliphatic heterocycles. The van der Waals surface area contributed by atoms with Gasteiger partial charge in [0.1, 0.15) is 5.76 Å². The van der Waals surface area contributed by atoms with E-state index >= 15 is 0 Å². The quantitative estimate of drug-likeness (QED) is 0.433. The van der Waals surface area contributed by atoms with Gasteiger partial charge < -0.3 is 14.8 Å². The third-order valence-corrected chi connectivity index (χ3v) is 7.30. The van der Waals surface area contributed by atoms with Crippen molar-refractivity contribution in [2.75, 3.05) is 5.32 Å². The van der Waals surface area contributed by atoms with Gasteiger partial charge in [-0.25, -0.2) is 4.79 Å². The van der Waals surface area contributed by atoms with Gasteiger partial charge in [-0.05, 0) is 60.3 Å². The minimum atomic E-state index is -0.459. The summed E-state index contributed by atoms with van der Waals surface area (Å²) in [5, 5.41) is 14.8. The van der Waals surface area contributed by atoms with Crippen molar-refractivity contribution >= 4 is 35.3 Å². The minimum absolute atomic E-state index is 0.174. The second kappa shape index (κ2) is 8.48. The highest BCUT2D eigenvalue weighted by Gasteiger charge is 2.41. The van der Waals surface area contributed by atoms with E-state index in [-0.39, 0.29) is 17.9 Å². The molecule has 1 fully saturated rings. The number of furan rings is 1. The molecule has 1 heterocycles. The molecule has 0 saturated heterocycles. The molecule has 2 bridgehead atoms. The molecule has 2 aromatic rings. The summed E-state index contributed by atoms with van der Waals surface area (Å²) in [6.07, 6.45) is 2.64. The van der Waals surface area contributed by atoms with Crippen molar-refractivity contribution in [2.45, 2.75) is 75.9 Å². The molecule has 3 N–H and O–H groups in total. The van der Waals surface area contributed by atoms with Crippen LogP contribution in [0.3, 0.4) is 0 Å². The Kier molecular flexibility index (Phi) is 6.11. The number of hydrogen-bond acceptors (Lipinski definition) is 4. The van der Waals surface area contributed by atoms with Gasteiger partial charge in [-0.15, -0.1) is 0 Å². The van der Waals surface area contributed by atoms with E-state index in [1.54, 1.807) is 0 Å². The first-order valence-electron chi connectivity index (χ1n) is 10.6. The summed E-state index contributed by atoms with van der Waals surface area (Å²) in [6.45, 7) is 8.32. The van der Waals surface area contributed by atoms with Gasteiger partial charge in [-0.2, -0.15) is 0 Å². The Hall–Kier alpha value is -1.63. The number of amides is 2. The molecule has 2 aliphatic rings. The van der Waals surface area contributed by atoms with E-state index in [0.29, 0.717) is 22.0 Å². The minimum Gasteiger partial charge on any atom is -0.452 e. The number of carbonyl (C=O) groups is 1. The third kappa shape index (κ3) is 3.97. The van der Waals surface area contributed by atoms with Gasteiger partial charge in [0.05, 0.1) is 11.8 Å². The number of carbonyl (C=O) groups excluding carboxylic acids is 1. The first-order chi connectivity index (χ1) is 14.3. The zero-order chi connectivity index (χ0) is 21.6. The van der Waals surface area contributed by atoms with Gasteiger partial charge in [0.15, 0.2) is 5.09 Å². The molecule has 1 aromatic carbocycles. The molecule has 30 heavy (non-hydrogen) atoms.